The Bertz CT molecular complexity index is 550. The Kier molecular flexibility index (Phi) is 5.52. The number of methoxy groups -OCH3 is 1. The van der Waals surface area contributed by atoms with Crippen LogP contribution in [0.5, 0.6) is 0 Å². The van der Waals surface area contributed by atoms with Gasteiger partial charge in [-0.1, -0.05) is 30.3 Å². The minimum absolute atomic E-state index is 0.0518. The third kappa shape index (κ3) is 5.19. The lowest BCUT2D eigenvalue weighted by atomic mass is 9.83. The Hall–Kier alpha value is -2.18. The van der Waals surface area contributed by atoms with Gasteiger partial charge in [0.25, 0.3) is 5.92 Å². The zero-order valence-corrected chi connectivity index (χ0v) is 12.8. The van der Waals surface area contributed by atoms with Gasteiger partial charge >= 0.3 is 12.1 Å². The second kappa shape index (κ2) is 7.39. The van der Waals surface area contributed by atoms with E-state index in [9.17, 15) is 18.4 Å². The summed E-state index contributed by atoms with van der Waals surface area (Å²) in [6, 6.07) is 8.19. The van der Waals surface area contributed by atoms with Crippen LogP contribution in [0.4, 0.5) is 13.6 Å². The molecule has 1 aromatic rings. The van der Waals surface area contributed by atoms with Crippen LogP contribution < -0.4 is 5.32 Å². The molecule has 2 atom stereocenters. The van der Waals surface area contributed by atoms with Gasteiger partial charge < -0.3 is 14.8 Å². The van der Waals surface area contributed by atoms with Crippen LogP contribution in [-0.4, -0.2) is 31.1 Å². The van der Waals surface area contributed by atoms with Crippen LogP contribution in [0.25, 0.3) is 0 Å². The van der Waals surface area contributed by atoms with Gasteiger partial charge in [-0.05, 0) is 12.0 Å². The number of carbonyl (C=O) groups excluding carboxylic acids is 2. The fourth-order valence-corrected chi connectivity index (χ4v) is 2.70. The number of ether oxygens (including phenoxy) is 2. The van der Waals surface area contributed by atoms with E-state index in [1.807, 2.05) is 6.07 Å². The number of hydrogen-bond acceptors (Lipinski definition) is 4. The molecule has 1 aromatic carbocycles. The summed E-state index contributed by atoms with van der Waals surface area (Å²) in [6.07, 6.45) is -1.74. The Balaban J connectivity index is 1.87. The first-order chi connectivity index (χ1) is 10.9. The summed E-state index contributed by atoms with van der Waals surface area (Å²) in [4.78, 5) is 23.2. The molecule has 1 amide bonds. The van der Waals surface area contributed by atoms with Crippen molar-refractivity contribution >= 4 is 12.1 Å². The molecule has 0 heterocycles. The van der Waals surface area contributed by atoms with Crippen molar-refractivity contribution in [1.82, 2.24) is 5.32 Å². The van der Waals surface area contributed by atoms with Crippen LogP contribution >= 0.6 is 0 Å². The number of rotatable bonds is 4. The molecular weight excluding hydrogens is 308 g/mol. The molecule has 5 nitrogen and oxygen atoms in total. The van der Waals surface area contributed by atoms with Crippen molar-refractivity contribution in [2.45, 2.75) is 37.8 Å². The zero-order valence-electron chi connectivity index (χ0n) is 12.8. The van der Waals surface area contributed by atoms with Gasteiger partial charge in [0.15, 0.2) is 0 Å². The van der Waals surface area contributed by atoms with Crippen LogP contribution in [0, 0.1) is 5.92 Å². The van der Waals surface area contributed by atoms with Gasteiger partial charge in [-0.3, -0.25) is 4.79 Å². The standard InChI is InChI=1S/C16H19F2NO4/c1-22-14(20)12-7-13(9-16(17,18)8-12)19-15(21)23-10-11-5-3-2-4-6-11/h2-6,12-13H,7-10H2,1H3,(H,19,21)/t12-,13+/m1/s1. The van der Waals surface area contributed by atoms with Crippen molar-refractivity contribution in [2.75, 3.05) is 7.11 Å². The highest BCUT2D eigenvalue weighted by atomic mass is 19.3. The molecule has 1 aliphatic rings. The van der Waals surface area contributed by atoms with E-state index in [1.54, 1.807) is 24.3 Å². The van der Waals surface area contributed by atoms with E-state index in [0.29, 0.717) is 0 Å². The summed E-state index contributed by atoms with van der Waals surface area (Å²) in [5, 5.41) is 2.40. The number of carbonyl (C=O) groups is 2. The first-order valence-electron chi connectivity index (χ1n) is 7.32. The minimum Gasteiger partial charge on any atom is -0.469 e. The van der Waals surface area contributed by atoms with Crippen molar-refractivity contribution in [2.24, 2.45) is 5.92 Å². The normalized spacial score (nSPS) is 22.9. The predicted molar refractivity (Wildman–Crippen MR) is 77.9 cm³/mol. The Morgan fingerprint density at radius 2 is 1.96 bits per heavy atom. The van der Waals surface area contributed by atoms with Gasteiger partial charge in [-0.2, -0.15) is 0 Å². The second-order valence-corrected chi connectivity index (χ2v) is 5.62. The first-order valence-corrected chi connectivity index (χ1v) is 7.32. The van der Waals surface area contributed by atoms with Crippen LogP contribution in [0.15, 0.2) is 30.3 Å². The average molecular weight is 327 g/mol. The van der Waals surface area contributed by atoms with Crippen LogP contribution in [0.2, 0.25) is 0 Å². The molecule has 0 bridgehead atoms. The molecule has 23 heavy (non-hydrogen) atoms. The number of alkyl halides is 2. The van der Waals surface area contributed by atoms with Crippen molar-refractivity contribution in [3.05, 3.63) is 35.9 Å². The molecule has 7 heteroatoms. The van der Waals surface area contributed by atoms with Crippen LogP contribution in [0.1, 0.15) is 24.8 Å². The number of benzene rings is 1. The van der Waals surface area contributed by atoms with Gasteiger partial charge in [-0.25, -0.2) is 13.6 Å². The monoisotopic (exact) mass is 327 g/mol. The number of hydrogen-bond donors (Lipinski definition) is 1. The molecule has 0 aromatic heterocycles. The highest BCUT2D eigenvalue weighted by Crippen LogP contribution is 2.37. The lowest BCUT2D eigenvalue weighted by molar-refractivity contribution is -0.153. The smallest absolute Gasteiger partial charge is 0.407 e. The summed E-state index contributed by atoms with van der Waals surface area (Å²) in [5.74, 6) is -4.63. The molecule has 0 saturated heterocycles. The first kappa shape index (κ1) is 17.2. The summed E-state index contributed by atoms with van der Waals surface area (Å²) in [7, 11) is 1.16. The fraction of sp³-hybridized carbons (Fsp3) is 0.500. The van der Waals surface area contributed by atoms with Gasteiger partial charge in [-0.15, -0.1) is 0 Å². The van der Waals surface area contributed by atoms with Gasteiger partial charge in [0.1, 0.15) is 6.61 Å². The Labute approximate surface area is 133 Å². The number of halogens is 2. The lowest BCUT2D eigenvalue weighted by Crippen LogP contribution is -2.46. The summed E-state index contributed by atoms with van der Waals surface area (Å²) >= 11 is 0. The van der Waals surface area contributed by atoms with E-state index < -0.39 is 42.8 Å². The topological polar surface area (TPSA) is 64.6 Å². The maximum atomic E-state index is 13.7. The third-order valence-corrected chi connectivity index (χ3v) is 3.73. The molecular formula is C16H19F2NO4. The fourth-order valence-electron chi connectivity index (χ4n) is 2.70. The number of alkyl carbamates (subject to hydrolysis) is 1. The summed E-state index contributed by atoms with van der Waals surface area (Å²) in [6.45, 7) is 0.0518. The molecule has 2 rings (SSSR count). The van der Waals surface area contributed by atoms with Crippen LogP contribution in [-0.2, 0) is 20.9 Å². The van der Waals surface area contributed by atoms with Crippen molar-refractivity contribution in [3.63, 3.8) is 0 Å². The molecule has 1 aliphatic carbocycles. The van der Waals surface area contributed by atoms with Crippen molar-refractivity contribution < 1.29 is 27.8 Å². The summed E-state index contributed by atoms with van der Waals surface area (Å²) < 4.78 is 36.9. The SMILES string of the molecule is COC(=O)[C@@H]1C[C@H](NC(=O)OCc2ccccc2)CC(F)(F)C1. The highest BCUT2D eigenvalue weighted by molar-refractivity contribution is 5.73. The molecule has 0 spiro atoms. The Morgan fingerprint density at radius 1 is 1.26 bits per heavy atom. The van der Waals surface area contributed by atoms with E-state index in [0.717, 1.165) is 12.7 Å². The molecule has 0 radical (unpaired) electrons. The maximum Gasteiger partial charge on any atom is 0.407 e. The van der Waals surface area contributed by atoms with E-state index in [4.69, 9.17) is 4.74 Å². The number of esters is 1. The van der Waals surface area contributed by atoms with E-state index in [-0.39, 0.29) is 13.0 Å². The third-order valence-electron chi connectivity index (χ3n) is 3.73. The average Bonchev–Trinajstić information content (AvgIpc) is 2.51. The zero-order chi connectivity index (χ0) is 16.9. The van der Waals surface area contributed by atoms with Gasteiger partial charge in [0, 0.05) is 18.9 Å². The molecule has 0 unspecified atom stereocenters. The van der Waals surface area contributed by atoms with Gasteiger partial charge in [0.05, 0.1) is 13.0 Å². The molecule has 126 valence electrons. The largest absolute Gasteiger partial charge is 0.469 e. The van der Waals surface area contributed by atoms with Crippen LogP contribution in [0.3, 0.4) is 0 Å². The molecule has 1 N–H and O–H groups in total. The maximum absolute atomic E-state index is 13.7. The van der Waals surface area contributed by atoms with E-state index >= 15 is 0 Å². The number of nitrogens with one attached hydrogen (secondary N) is 1. The van der Waals surface area contributed by atoms with Gasteiger partial charge in [0.2, 0.25) is 0 Å². The second-order valence-electron chi connectivity index (χ2n) is 5.62. The minimum atomic E-state index is -3.02. The number of amides is 1. The molecule has 1 saturated carbocycles. The van der Waals surface area contributed by atoms with Crippen molar-refractivity contribution in [1.29, 1.82) is 0 Å². The van der Waals surface area contributed by atoms with E-state index in [1.165, 1.54) is 0 Å². The molecule has 0 aliphatic heterocycles. The molecule has 1 fully saturated rings. The quantitative estimate of drug-likeness (QED) is 0.864. The summed E-state index contributed by atoms with van der Waals surface area (Å²) in [5.41, 5.74) is 0.795. The highest BCUT2D eigenvalue weighted by Gasteiger charge is 2.44. The van der Waals surface area contributed by atoms with Crippen molar-refractivity contribution in [3.8, 4) is 0 Å². The predicted octanol–water partition coefficient (Wildman–Crippen LogP) is 2.89. The Morgan fingerprint density at radius 3 is 2.61 bits per heavy atom. The lowest BCUT2D eigenvalue weighted by Gasteiger charge is -2.33. The van der Waals surface area contributed by atoms with E-state index in [2.05, 4.69) is 10.1 Å².